The highest BCUT2D eigenvalue weighted by atomic mass is 15.2. The van der Waals surface area contributed by atoms with Crippen LogP contribution in [0.25, 0.3) is 0 Å². The lowest BCUT2D eigenvalue weighted by Crippen LogP contribution is -2.47. The Morgan fingerprint density at radius 2 is 2.10 bits per heavy atom. The number of nitrogens with one attached hydrogen (secondary N) is 1. The Hall–Kier alpha value is -0.900. The maximum absolute atomic E-state index is 3.50. The van der Waals surface area contributed by atoms with Crippen molar-refractivity contribution in [2.24, 2.45) is 0 Å². The van der Waals surface area contributed by atoms with E-state index in [2.05, 4.69) is 67.4 Å². The predicted octanol–water partition coefficient (Wildman–Crippen LogP) is 2.28. The molecule has 1 aliphatic rings. The van der Waals surface area contributed by atoms with E-state index in [0.29, 0.717) is 12.1 Å². The van der Waals surface area contributed by atoms with Crippen molar-refractivity contribution in [1.29, 1.82) is 0 Å². The van der Waals surface area contributed by atoms with Gasteiger partial charge in [0, 0.05) is 25.2 Å². The Bertz CT molecular complexity index is 416. The first kappa shape index (κ1) is 15.5. The maximum Gasteiger partial charge on any atom is 0.0449 e. The molecule has 2 atom stereocenters. The van der Waals surface area contributed by atoms with Gasteiger partial charge in [0.05, 0.1) is 0 Å². The minimum Gasteiger partial charge on any atom is -0.312 e. The van der Waals surface area contributed by atoms with Gasteiger partial charge in [0.25, 0.3) is 0 Å². The Morgan fingerprint density at radius 3 is 2.75 bits per heavy atom. The SMILES string of the molecule is CNC(CN1CCCC(N(C)C)C1)c1ccccc1C. The second kappa shape index (κ2) is 7.21. The van der Waals surface area contributed by atoms with Gasteiger partial charge in [-0.15, -0.1) is 0 Å². The van der Waals surface area contributed by atoms with Gasteiger partial charge in [-0.3, -0.25) is 4.90 Å². The number of hydrogen-bond donors (Lipinski definition) is 1. The average Bonchev–Trinajstić information content (AvgIpc) is 2.46. The topological polar surface area (TPSA) is 18.5 Å². The molecule has 2 rings (SSSR count). The summed E-state index contributed by atoms with van der Waals surface area (Å²) >= 11 is 0. The third-order valence-electron chi connectivity index (χ3n) is 4.56. The molecule has 1 aliphatic heterocycles. The molecular weight excluding hydrogens is 246 g/mol. The van der Waals surface area contributed by atoms with Crippen molar-refractivity contribution in [3.63, 3.8) is 0 Å². The summed E-state index contributed by atoms with van der Waals surface area (Å²) in [5.41, 5.74) is 2.81. The monoisotopic (exact) mass is 275 g/mol. The van der Waals surface area contributed by atoms with E-state index in [9.17, 15) is 0 Å². The van der Waals surface area contributed by atoms with Crippen LogP contribution in [0.2, 0.25) is 0 Å². The molecule has 1 N–H and O–H groups in total. The Kier molecular flexibility index (Phi) is 5.58. The predicted molar refractivity (Wildman–Crippen MR) is 86.1 cm³/mol. The lowest BCUT2D eigenvalue weighted by Gasteiger charge is -2.38. The number of benzene rings is 1. The summed E-state index contributed by atoms with van der Waals surface area (Å²) in [6.07, 6.45) is 2.64. The second-order valence-corrected chi connectivity index (χ2v) is 6.22. The van der Waals surface area contributed by atoms with Crippen molar-refractivity contribution in [3.8, 4) is 0 Å². The average molecular weight is 275 g/mol. The van der Waals surface area contributed by atoms with Crippen LogP contribution in [-0.2, 0) is 0 Å². The number of likely N-dealkylation sites (tertiary alicyclic amines) is 1. The molecule has 2 unspecified atom stereocenters. The van der Waals surface area contributed by atoms with E-state index >= 15 is 0 Å². The molecule has 0 aromatic heterocycles. The highest BCUT2D eigenvalue weighted by molar-refractivity contribution is 5.29. The molecule has 0 amide bonds. The molecule has 1 fully saturated rings. The van der Waals surface area contributed by atoms with Gasteiger partial charge >= 0.3 is 0 Å². The number of aryl methyl sites for hydroxylation is 1. The molecule has 0 saturated carbocycles. The summed E-state index contributed by atoms with van der Waals surface area (Å²) in [5, 5.41) is 3.50. The van der Waals surface area contributed by atoms with Crippen LogP contribution in [0.1, 0.15) is 30.0 Å². The van der Waals surface area contributed by atoms with Crippen molar-refractivity contribution in [2.75, 3.05) is 40.8 Å². The largest absolute Gasteiger partial charge is 0.312 e. The molecule has 20 heavy (non-hydrogen) atoms. The number of hydrogen-bond acceptors (Lipinski definition) is 3. The minimum atomic E-state index is 0.428. The molecule has 1 aromatic carbocycles. The number of piperidine rings is 1. The molecular formula is C17H29N3. The van der Waals surface area contributed by atoms with Crippen LogP contribution in [0, 0.1) is 6.92 Å². The maximum atomic E-state index is 3.50. The molecule has 3 heteroatoms. The zero-order valence-corrected chi connectivity index (χ0v) is 13.4. The van der Waals surface area contributed by atoms with Gasteiger partial charge in [0.2, 0.25) is 0 Å². The molecule has 3 nitrogen and oxygen atoms in total. The molecule has 0 bridgehead atoms. The zero-order valence-electron chi connectivity index (χ0n) is 13.4. The normalized spacial score (nSPS) is 22.1. The molecule has 0 spiro atoms. The van der Waals surface area contributed by atoms with Crippen molar-refractivity contribution in [1.82, 2.24) is 15.1 Å². The first-order valence-electron chi connectivity index (χ1n) is 7.73. The molecule has 1 saturated heterocycles. The van der Waals surface area contributed by atoms with E-state index in [-0.39, 0.29) is 0 Å². The summed E-state index contributed by atoms with van der Waals surface area (Å²) in [6, 6.07) is 9.86. The first-order valence-corrected chi connectivity index (χ1v) is 7.73. The summed E-state index contributed by atoms with van der Waals surface area (Å²) in [5.74, 6) is 0. The quantitative estimate of drug-likeness (QED) is 0.889. The smallest absolute Gasteiger partial charge is 0.0449 e. The van der Waals surface area contributed by atoms with Gasteiger partial charge in [0.15, 0.2) is 0 Å². The standard InChI is InChI=1S/C17H29N3/c1-14-8-5-6-10-16(14)17(18-2)13-20-11-7-9-15(12-20)19(3)4/h5-6,8,10,15,17-18H,7,9,11-13H2,1-4H3. The summed E-state index contributed by atoms with van der Waals surface area (Å²) in [7, 11) is 6.47. The van der Waals surface area contributed by atoms with E-state index < -0.39 is 0 Å². The van der Waals surface area contributed by atoms with Crippen LogP contribution < -0.4 is 5.32 Å². The van der Waals surface area contributed by atoms with Crippen LogP contribution in [0.5, 0.6) is 0 Å². The van der Waals surface area contributed by atoms with E-state index in [1.165, 1.54) is 37.1 Å². The van der Waals surface area contributed by atoms with Crippen molar-refractivity contribution < 1.29 is 0 Å². The van der Waals surface area contributed by atoms with Gasteiger partial charge in [-0.2, -0.15) is 0 Å². The fraction of sp³-hybridized carbons (Fsp3) is 0.647. The van der Waals surface area contributed by atoms with Gasteiger partial charge in [-0.25, -0.2) is 0 Å². The van der Waals surface area contributed by atoms with Crippen LogP contribution in [0.4, 0.5) is 0 Å². The highest BCUT2D eigenvalue weighted by Gasteiger charge is 2.24. The molecule has 0 aliphatic carbocycles. The minimum absolute atomic E-state index is 0.428. The third kappa shape index (κ3) is 3.81. The Balaban J connectivity index is 2.01. The highest BCUT2D eigenvalue weighted by Crippen LogP contribution is 2.21. The zero-order chi connectivity index (χ0) is 14.5. The number of likely N-dealkylation sites (N-methyl/N-ethyl adjacent to an activating group) is 2. The first-order chi connectivity index (χ1) is 9.61. The van der Waals surface area contributed by atoms with Crippen LogP contribution in [-0.4, -0.2) is 56.6 Å². The fourth-order valence-electron chi connectivity index (χ4n) is 3.20. The second-order valence-electron chi connectivity index (χ2n) is 6.22. The van der Waals surface area contributed by atoms with Crippen molar-refractivity contribution >= 4 is 0 Å². The lowest BCUT2D eigenvalue weighted by molar-refractivity contribution is 0.124. The van der Waals surface area contributed by atoms with E-state index in [4.69, 9.17) is 0 Å². The van der Waals surface area contributed by atoms with E-state index in [1.54, 1.807) is 0 Å². The Labute approximate surface area is 124 Å². The van der Waals surface area contributed by atoms with Crippen LogP contribution in [0.15, 0.2) is 24.3 Å². The van der Waals surface area contributed by atoms with Gasteiger partial charge in [0.1, 0.15) is 0 Å². The van der Waals surface area contributed by atoms with Gasteiger partial charge in [-0.1, -0.05) is 24.3 Å². The number of rotatable bonds is 5. The molecule has 112 valence electrons. The Morgan fingerprint density at radius 1 is 1.35 bits per heavy atom. The number of nitrogens with zero attached hydrogens (tertiary/aromatic N) is 2. The van der Waals surface area contributed by atoms with Gasteiger partial charge in [-0.05, 0) is 58.6 Å². The molecule has 1 aromatic rings. The molecule has 0 radical (unpaired) electrons. The van der Waals surface area contributed by atoms with Crippen molar-refractivity contribution in [2.45, 2.75) is 31.8 Å². The third-order valence-corrected chi connectivity index (χ3v) is 4.56. The summed E-state index contributed by atoms with van der Waals surface area (Å²) in [6.45, 7) is 5.73. The summed E-state index contributed by atoms with van der Waals surface area (Å²) < 4.78 is 0. The molecule has 1 heterocycles. The fourth-order valence-corrected chi connectivity index (χ4v) is 3.20. The van der Waals surface area contributed by atoms with Crippen LogP contribution >= 0.6 is 0 Å². The van der Waals surface area contributed by atoms with Crippen LogP contribution in [0.3, 0.4) is 0 Å². The summed E-state index contributed by atoms with van der Waals surface area (Å²) in [4.78, 5) is 4.98. The van der Waals surface area contributed by atoms with Gasteiger partial charge < -0.3 is 10.2 Å². The lowest BCUT2D eigenvalue weighted by atomic mass is 9.99. The van der Waals surface area contributed by atoms with E-state index in [1.807, 2.05) is 0 Å². The van der Waals surface area contributed by atoms with Crippen molar-refractivity contribution in [3.05, 3.63) is 35.4 Å². The van der Waals surface area contributed by atoms with E-state index in [0.717, 1.165) is 6.54 Å².